The first-order chi connectivity index (χ1) is 15.0. The number of para-hydroxylation sites is 1. The molecule has 2 atom stereocenters. The summed E-state index contributed by atoms with van der Waals surface area (Å²) in [7, 11) is 0. The van der Waals surface area contributed by atoms with Crippen molar-refractivity contribution in [2.45, 2.75) is 45.4 Å². The Balaban J connectivity index is 1.56. The van der Waals surface area contributed by atoms with E-state index in [-0.39, 0.29) is 18.2 Å². The van der Waals surface area contributed by atoms with Crippen LogP contribution in [-0.2, 0) is 0 Å². The molecule has 160 valence electrons. The molecule has 4 aromatic rings. The number of aliphatic hydroxyl groups excluding tert-OH is 1. The predicted molar refractivity (Wildman–Crippen MR) is 120 cm³/mol. The van der Waals surface area contributed by atoms with Gasteiger partial charge in [-0.25, -0.2) is 4.98 Å². The zero-order valence-electron chi connectivity index (χ0n) is 18.1. The van der Waals surface area contributed by atoms with Gasteiger partial charge in [0.15, 0.2) is 11.5 Å². The first-order valence-electron chi connectivity index (χ1n) is 10.8. The number of β-amino-alcohol motifs (C(OH)–C–C–N with tert-alkyl or cyclic N) is 1. The van der Waals surface area contributed by atoms with Crippen molar-refractivity contribution < 1.29 is 9.84 Å². The standard InChI is InChI=1S/C24H27N5O2/c1-15(2)31-21-6-4-5-17-7-9-20(25-23(17)21)24-27-26-22-10-8-18(13-29(22)24)16(3)28-12-11-19(30)14-28/h4-10,13,15-16,19,30H,11-12,14H2,1-3H3/t16-,19-/m1/s1. The molecule has 0 aliphatic carbocycles. The van der Waals surface area contributed by atoms with Gasteiger partial charge in [0.05, 0.1) is 12.2 Å². The summed E-state index contributed by atoms with van der Waals surface area (Å²) in [5, 5.41) is 19.7. The zero-order valence-corrected chi connectivity index (χ0v) is 18.1. The smallest absolute Gasteiger partial charge is 0.187 e. The molecule has 0 radical (unpaired) electrons. The molecule has 5 rings (SSSR count). The second-order valence-corrected chi connectivity index (χ2v) is 8.52. The van der Waals surface area contributed by atoms with Gasteiger partial charge in [-0.1, -0.05) is 24.3 Å². The van der Waals surface area contributed by atoms with E-state index in [0.29, 0.717) is 12.4 Å². The molecule has 0 spiro atoms. The van der Waals surface area contributed by atoms with Crippen LogP contribution in [0.3, 0.4) is 0 Å². The van der Waals surface area contributed by atoms with Crippen LogP contribution in [0.1, 0.15) is 38.8 Å². The van der Waals surface area contributed by atoms with Crippen LogP contribution in [0.15, 0.2) is 48.7 Å². The lowest BCUT2D eigenvalue weighted by Crippen LogP contribution is -2.25. The van der Waals surface area contributed by atoms with E-state index < -0.39 is 0 Å². The molecule has 7 heteroatoms. The Labute approximate surface area is 181 Å². The third kappa shape index (κ3) is 3.75. The summed E-state index contributed by atoms with van der Waals surface area (Å²) >= 11 is 0. The second-order valence-electron chi connectivity index (χ2n) is 8.52. The highest BCUT2D eigenvalue weighted by Gasteiger charge is 2.25. The van der Waals surface area contributed by atoms with E-state index in [1.54, 1.807) is 0 Å². The number of nitrogens with zero attached hydrogens (tertiary/aromatic N) is 5. The van der Waals surface area contributed by atoms with E-state index in [1.807, 2.05) is 54.6 Å². The van der Waals surface area contributed by atoms with Crippen LogP contribution in [0.5, 0.6) is 5.75 Å². The van der Waals surface area contributed by atoms with Crippen molar-refractivity contribution in [3.8, 4) is 17.3 Å². The SMILES string of the molecule is CC(C)Oc1cccc2ccc(-c3nnc4ccc([C@@H](C)N5CC[C@@H](O)C5)cn34)nc12. The Morgan fingerprint density at radius 3 is 2.71 bits per heavy atom. The molecule has 1 N–H and O–H groups in total. The third-order valence-electron chi connectivity index (χ3n) is 5.93. The number of rotatable bonds is 5. The summed E-state index contributed by atoms with van der Waals surface area (Å²) in [4.78, 5) is 7.20. The molecule has 0 saturated carbocycles. The van der Waals surface area contributed by atoms with Crippen molar-refractivity contribution in [3.63, 3.8) is 0 Å². The summed E-state index contributed by atoms with van der Waals surface area (Å²) in [6, 6.07) is 14.3. The Kier molecular flexibility index (Phi) is 5.08. The number of aromatic nitrogens is 4. The molecule has 1 saturated heterocycles. The average molecular weight is 418 g/mol. The summed E-state index contributed by atoms with van der Waals surface area (Å²) in [6.07, 6.45) is 2.74. The van der Waals surface area contributed by atoms with E-state index in [0.717, 1.165) is 46.5 Å². The molecular weight excluding hydrogens is 390 g/mol. The number of hydrogen-bond donors (Lipinski definition) is 1. The normalized spacial score (nSPS) is 18.3. The molecule has 0 amide bonds. The van der Waals surface area contributed by atoms with Crippen LogP contribution in [0.25, 0.3) is 28.1 Å². The fourth-order valence-electron chi connectivity index (χ4n) is 4.25. The molecule has 0 unspecified atom stereocenters. The fraction of sp³-hybridized carbons (Fsp3) is 0.375. The lowest BCUT2D eigenvalue weighted by Gasteiger charge is -2.24. The summed E-state index contributed by atoms with van der Waals surface area (Å²) in [5.41, 5.74) is 3.51. The minimum Gasteiger partial charge on any atom is -0.489 e. The zero-order chi connectivity index (χ0) is 21.5. The third-order valence-corrected chi connectivity index (χ3v) is 5.93. The van der Waals surface area contributed by atoms with Gasteiger partial charge in [-0.3, -0.25) is 9.30 Å². The summed E-state index contributed by atoms with van der Waals surface area (Å²) in [5.74, 6) is 1.47. The van der Waals surface area contributed by atoms with Crippen molar-refractivity contribution in [2.75, 3.05) is 13.1 Å². The molecule has 1 aromatic carbocycles. The maximum absolute atomic E-state index is 9.91. The Morgan fingerprint density at radius 1 is 1.06 bits per heavy atom. The highest BCUT2D eigenvalue weighted by molar-refractivity contribution is 5.86. The van der Waals surface area contributed by atoms with Gasteiger partial charge in [-0.05, 0) is 51.0 Å². The lowest BCUT2D eigenvalue weighted by atomic mass is 10.1. The van der Waals surface area contributed by atoms with E-state index in [1.165, 1.54) is 0 Å². The number of pyridine rings is 2. The lowest BCUT2D eigenvalue weighted by molar-refractivity contribution is 0.163. The van der Waals surface area contributed by atoms with Crippen LogP contribution in [0.2, 0.25) is 0 Å². The van der Waals surface area contributed by atoms with Crippen molar-refractivity contribution in [3.05, 3.63) is 54.2 Å². The largest absolute Gasteiger partial charge is 0.489 e. The Bertz CT molecular complexity index is 1240. The van der Waals surface area contributed by atoms with Gasteiger partial charge in [-0.2, -0.15) is 0 Å². The topological polar surface area (TPSA) is 75.8 Å². The van der Waals surface area contributed by atoms with E-state index in [9.17, 15) is 5.11 Å². The van der Waals surface area contributed by atoms with Crippen LogP contribution >= 0.6 is 0 Å². The molecule has 1 aliphatic heterocycles. The number of ether oxygens (including phenoxy) is 1. The molecule has 1 aliphatic rings. The first kappa shape index (κ1) is 19.9. The fourth-order valence-corrected chi connectivity index (χ4v) is 4.25. The van der Waals surface area contributed by atoms with Gasteiger partial charge in [0.2, 0.25) is 0 Å². The van der Waals surface area contributed by atoms with Gasteiger partial charge < -0.3 is 9.84 Å². The van der Waals surface area contributed by atoms with Gasteiger partial charge in [0.25, 0.3) is 0 Å². The highest BCUT2D eigenvalue weighted by atomic mass is 16.5. The van der Waals surface area contributed by atoms with E-state index in [2.05, 4.69) is 34.3 Å². The van der Waals surface area contributed by atoms with Crippen molar-refractivity contribution in [2.24, 2.45) is 0 Å². The van der Waals surface area contributed by atoms with E-state index in [4.69, 9.17) is 9.72 Å². The molecule has 1 fully saturated rings. The van der Waals surface area contributed by atoms with Gasteiger partial charge in [0, 0.05) is 30.7 Å². The summed E-state index contributed by atoms with van der Waals surface area (Å²) < 4.78 is 7.97. The van der Waals surface area contributed by atoms with Crippen LogP contribution in [-0.4, -0.2) is 54.9 Å². The van der Waals surface area contributed by atoms with Gasteiger partial charge >= 0.3 is 0 Å². The van der Waals surface area contributed by atoms with E-state index >= 15 is 0 Å². The Hall–Kier alpha value is -3.03. The van der Waals surface area contributed by atoms with Crippen LogP contribution in [0, 0.1) is 0 Å². The molecule has 7 nitrogen and oxygen atoms in total. The van der Waals surface area contributed by atoms with Crippen molar-refractivity contribution >= 4 is 16.6 Å². The minimum atomic E-state index is -0.235. The first-order valence-corrected chi connectivity index (χ1v) is 10.8. The van der Waals surface area contributed by atoms with Crippen LogP contribution < -0.4 is 4.74 Å². The molecule has 3 aromatic heterocycles. The van der Waals surface area contributed by atoms with Gasteiger partial charge in [-0.15, -0.1) is 10.2 Å². The second kappa shape index (κ2) is 7.90. The summed E-state index contributed by atoms with van der Waals surface area (Å²) in [6.45, 7) is 7.81. The average Bonchev–Trinajstić information content (AvgIpc) is 3.38. The van der Waals surface area contributed by atoms with Gasteiger partial charge in [0.1, 0.15) is 17.0 Å². The Morgan fingerprint density at radius 2 is 1.94 bits per heavy atom. The molecule has 4 heterocycles. The maximum Gasteiger partial charge on any atom is 0.187 e. The van der Waals surface area contributed by atoms with Crippen molar-refractivity contribution in [1.29, 1.82) is 0 Å². The monoisotopic (exact) mass is 417 g/mol. The van der Waals surface area contributed by atoms with Crippen LogP contribution in [0.4, 0.5) is 0 Å². The minimum absolute atomic E-state index is 0.0677. The molecule has 0 bridgehead atoms. The number of aliphatic hydroxyl groups is 1. The van der Waals surface area contributed by atoms with Crippen molar-refractivity contribution in [1.82, 2.24) is 24.5 Å². The number of likely N-dealkylation sites (tertiary alicyclic amines) is 1. The number of benzene rings is 1. The predicted octanol–water partition coefficient (Wildman–Crippen LogP) is 3.86. The quantitative estimate of drug-likeness (QED) is 0.531. The molecular formula is C24H27N5O2. The molecule has 31 heavy (non-hydrogen) atoms. The highest BCUT2D eigenvalue weighted by Crippen LogP contribution is 2.29. The number of hydrogen-bond acceptors (Lipinski definition) is 6. The maximum atomic E-state index is 9.91. The number of fused-ring (bicyclic) bond motifs is 2.